The molecule has 0 bridgehead atoms. The van der Waals surface area contributed by atoms with E-state index in [4.69, 9.17) is 4.74 Å². The van der Waals surface area contributed by atoms with E-state index in [1.807, 2.05) is 11.6 Å². The van der Waals surface area contributed by atoms with Crippen LogP contribution in [0, 0.1) is 5.92 Å². The fourth-order valence-corrected chi connectivity index (χ4v) is 3.58. The smallest absolute Gasteiger partial charge is 0.356 e. The normalized spacial score (nSPS) is 22.5. The van der Waals surface area contributed by atoms with Gasteiger partial charge >= 0.3 is 5.97 Å². The summed E-state index contributed by atoms with van der Waals surface area (Å²) in [4.78, 5) is 11.4. The largest absolute Gasteiger partial charge is 0.476 e. The molecule has 0 spiro atoms. The first-order valence-corrected chi connectivity index (χ1v) is 8.32. The summed E-state index contributed by atoms with van der Waals surface area (Å²) >= 11 is 0. The highest BCUT2D eigenvalue weighted by atomic mass is 16.5. The van der Waals surface area contributed by atoms with Crippen LogP contribution in [0.25, 0.3) is 0 Å². The molecule has 1 aliphatic heterocycles. The van der Waals surface area contributed by atoms with Crippen molar-refractivity contribution in [1.82, 2.24) is 15.1 Å². The molecule has 22 heavy (non-hydrogen) atoms. The summed E-state index contributed by atoms with van der Waals surface area (Å²) in [5.41, 5.74) is 2.29. The van der Waals surface area contributed by atoms with Crippen molar-refractivity contribution in [2.45, 2.75) is 51.6 Å². The average molecular weight is 307 g/mol. The van der Waals surface area contributed by atoms with Crippen molar-refractivity contribution < 1.29 is 14.6 Å². The van der Waals surface area contributed by atoms with Crippen molar-refractivity contribution in [1.29, 1.82) is 0 Å². The van der Waals surface area contributed by atoms with E-state index in [0.29, 0.717) is 12.0 Å². The minimum absolute atomic E-state index is 0.245. The molecule has 0 amide bonds. The molecule has 1 aromatic rings. The summed E-state index contributed by atoms with van der Waals surface area (Å²) in [7, 11) is 0. The van der Waals surface area contributed by atoms with Gasteiger partial charge in [0, 0.05) is 37.1 Å². The molecule has 1 aromatic heterocycles. The minimum atomic E-state index is -0.909. The van der Waals surface area contributed by atoms with Gasteiger partial charge in [0.1, 0.15) is 0 Å². The van der Waals surface area contributed by atoms with E-state index >= 15 is 0 Å². The van der Waals surface area contributed by atoms with Gasteiger partial charge < -0.3 is 15.2 Å². The molecule has 2 heterocycles. The maximum absolute atomic E-state index is 11.4. The maximum atomic E-state index is 11.4. The quantitative estimate of drug-likeness (QED) is 0.861. The van der Waals surface area contributed by atoms with Crippen LogP contribution in [0.4, 0.5) is 0 Å². The molecule has 1 atom stereocenters. The Kier molecular flexibility index (Phi) is 4.78. The molecule has 1 saturated heterocycles. The molecule has 0 saturated carbocycles. The number of fused-ring (bicyclic) bond motifs is 1. The Hall–Kier alpha value is -1.40. The van der Waals surface area contributed by atoms with Crippen molar-refractivity contribution in [2.24, 2.45) is 5.92 Å². The van der Waals surface area contributed by atoms with Crippen molar-refractivity contribution in [3.05, 3.63) is 17.0 Å². The van der Waals surface area contributed by atoms with E-state index in [-0.39, 0.29) is 5.69 Å². The average Bonchev–Trinajstić information content (AvgIpc) is 2.92. The lowest BCUT2D eigenvalue weighted by molar-refractivity contribution is 0.0651. The summed E-state index contributed by atoms with van der Waals surface area (Å²) in [5, 5.41) is 17.3. The van der Waals surface area contributed by atoms with Crippen LogP contribution in [0.15, 0.2) is 0 Å². The Balaban J connectivity index is 1.65. The maximum Gasteiger partial charge on any atom is 0.356 e. The fourth-order valence-electron chi connectivity index (χ4n) is 3.58. The third kappa shape index (κ3) is 3.17. The number of ether oxygens (including phenoxy) is 1. The van der Waals surface area contributed by atoms with E-state index in [0.717, 1.165) is 69.7 Å². The molecule has 6 heteroatoms. The highest BCUT2D eigenvalue weighted by Gasteiger charge is 2.29. The topological polar surface area (TPSA) is 76.4 Å². The molecule has 3 rings (SSSR count). The van der Waals surface area contributed by atoms with Gasteiger partial charge in [-0.15, -0.1) is 0 Å². The van der Waals surface area contributed by atoms with Crippen molar-refractivity contribution in [3.8, 4) is 0 Å². The number of hydrogen-bond acceptors (Lipinski definition) is 4. The lowest BCUT2D eigenvalue weighted by Crippen LogP contribution is -2.39. The zero-order chi connectivity index (χ0) is 15.5. The van der Waals surface area contributed by atoms with Gasteiger partial charge in [-0.05, 0) is 51.5 Å². The lowest BCUT2D eigenvalue weighted by Gasteiger charge is -2.28. The van der Waals surface area contributed by atoms with Crippen molar-refractivity contribution >= 4 is 5.97 Å². The summed E-state index contributed by atoms with van der Waals surface area (Å²) < 4.78 is 7.25. The molecule has 0 aromatic carbocycles. The van der Waals surface area contributed by atoms with Crippen LogP contribution in [0.1, 0.15) is 47.9 Å². The second-order valence-corrected chi connectivity index (χ2v) is 6.30. The summed E-state index contributed by atoms with van der Waals surface area (Å²) in [6, 6.07) is 0.364. The number of nitrogens with one attached hydrogen (secondary N) is 1. The van der Waals surface area contributed by atoms with E-state index in [1.165, 1.54) is 0 Å². The summed E-state index contributed by atoms with van der Waals surface area (Å²) in [5.74, 6) is -0.221. The van der Waals surface area contributed by atoms with Crippen LogP contribution >= 0.6 is 0 Å². The number of aromatic nitrogens is 2. The second-order valence-electron chi connectivity index (χ2n) is 6.30. The number of nitrogens with zero attached hydrogens (tertiary/aromatic N) is 2. The van der Waals surface area contributed by atoms with E-state index in [9.17, 15) is 9.90 Å². The molecular weight excluding hydrogens is 282 g/mol. The number of aryl methyl sites for hydroxylation is 1. The Morgan fingerprint density at radius 2 is 2.18 bits per heavy atom. The Bertz CT molecular complexity index is 535. The van der Waals surface area contributed by atoms with Gasteiger partial charge in [0.05, 0.1) is 0 Å². The zero-order valence-corrected chi connectivity index (χ0v) is 13.2. The third-order valence-corrected chi connectivity index (χ3v) is 4.88. The number of carboxylic acid groups (broad SMARTS) is 1. The van der Waals surface area contributed by atoms with E-state index in [1.54, 1.807) is 0 Å². The van der Waals surface area contributed by atoms with E-state index < -0.39 is 5.97 Å². The number of rotatable bonds is 5. The Labute approximate surface area is 130 Å². The Morgan fingerprint density at radius 3 is 2.86 bits per heavy atom. The number of aromatic carboxylic acids is 1. The molecule has 6 nitrogen and oxygen atoms in total. The monoisotopic (exact) mass is 307 g/mol. The van der Waals surface area contributed by atoms with Crippen molar-refractivity contribution in [2.75, 3.05) is 19.8 Å². The molecule has 122 valence electrons. The van der Waals surface area contributed by atoms with Gasteiger partial charge in [0.15, 0.2) is 5.69 Å². The molecule has 0 radical (unpaired) electrons. The molecule has 2 aliphatic rings. The lowest BCUT2D eigenvalue weighted by atomic mass is 9.90. The van der Waals surface area contributed by atoms with Gasteiger partial charge in [-0.25, -0.2) is 4.79 Å². The molecule has 1 fully saturated rings. The summed E-state index contributed by atoms with van der Waals surface area (Å²) in [6.07, 6.45) is 4.99. The number of carbonyl (C=O) groups is 1. The first-order chi connectivity index (χ1) is 10.7. The van der Waals surface area contributed by atoms with Gasteiger partial charge in [-0.1, -0.05) is 0 Å². The predicted molar refractivity (Wildman–Crippen MR) is 82.2 cm³/mol. The third-order valence-electron chi connectivity index (χ3n) is 4.88. The van der Waals surface area contributed by atoms with Crippen LogP contribution in [0.2, 0.25) is 0 Å². The number of hydrogen-bond donors (Lipinski definition) is 2. The molecule has 1 aliphatic carbocycles. The minimum Gasteiger partial charge on any atom is -0.476 e. The van der Waals surface area contributed by atoms with Gasteiger partial charge in [-0.3, -0.25) is 4.68 Å². The van der Waals surface area contributed by atoms with E-state index in [2.05, 4.69) is 10.4 Å². The predicted octanol–water partition coefficient (Wildman–Crippen LogP) is 1.47. The van der Waals surface area contributed by atoms with Crippen LogP contribution < -0.4 is 5.32 Å². The van der Waals surface area contributed by atoms with Gasteiger partial charge in [0.25, 0.3) is 0 Å². The van der Waals surface area contributed by atoms with Crippen LogP contribution in [-0.2, 0) is 24.1 Å². The van der Waals surface area contributed by atoms with Crippen LogP contribution in [-0.4, -0.2) is 46.7 Å². The first-order valence-electron chi connectivity index (χ1n) is 8.32. The summed E-state index contributed by atoms with van der Waals surface area (Å²) in [6.45, 7) is 5.49. The Morgan fingerprint density at radius 1 is 1.41 bits per heavy atom. The van der Waals surface area contributed by atoms with Gasteiger partial charge in [-0.2, -0.15) is 5.10 Å². The van der Waals surface area contributed by atoms with Crippen LogP contribution in [0.3, 0.4) is 0 Å². The SMILES string of the molecule is CCn1nc(C(=O)O)c2c1CCC(NCC1CCOCC1)C2. The molecule has 2 N–H and O–H groups in total. The van der Waals surface area contributed by atoms with Crippen LogP contribution in [0.5, 0.6) is 0 Å². The highest BCUT2D eigenvalue weighted by molar-refractivity contribution is 5.87. The van der Waals surface area contributed by atoms with Gasteiger partial charge in [0.2, 0.25) is 0 Å². The molecular formula is C16H25N3O3. The number of carboxylic acids is 1. The highest BCUT2D eigenvalue weighted by Crippen LogP contribution is 2.25. The zero-order valence-electron chi connectivity index (χ0n) is 13.2. The standard InChI is InChI=1S/C16H25N3O3/c1-2-19-14-4-3-12(9-13(14)15(18-19)16(20)21)17-10-11-5-7-22-8-6-11/h11-12,17H,2-10H2,1H3,(H,20,21). The second kappa shape index (κ2) is 6.79. The first kappa shape index (κ1) is 15.5. The molecule has 1 unspecified atom stereocenters. The van der Waals surface area contributed by atoms with Crippen molar-refractivity contribution in [3.63, 3.8) is 0 Å². The fraction of sp³-hybridized carbons (Fsp3) is 0.750.